The van der Waals surface area contributed by atoms with Crippen LogP contribution in [-0.2, 0) is 9.53 Å². The second-order valence-electron chi connectivity index (χ2n) is 3.19. The lowest BCUT2D eigenvalue weighted by Crippen LogP contribution is -1.98. The van der Waals surface area contributed by atoms with Crippen molar-refractivity contribution in [3.05, 3.63) is 54.6 Å². The van der Waals surface area contributed by atoms with Crippen molar-refractivity contribution in [2.45, 2.75) is 20.3 Å². The smallest absolute Gasteiger partial charge is 0.330 e. The molecule has 0 radical (unpaired) electrons. The second-order valence-corrected chi connectivity index (χ2v) is 3.19. The number of esters is 1. The van der Waals surface area contributed by atoms with Crippen LogP contribution in [0.25, 0.3) is 6.08 Å². The van der Waals surface area contributed by atoms with Gasteiger partial charge in [0.1, 0.15) is 0 Å². The highest BCUT2D eigenvalue weighted by Gasteiger charge is 1.92. The number of ether oxygens (including phenoxy) is 1. The third-order valence-electron chi connectivity index (χ3n) is 1.79. The van der Waals surface area contributed by atoms with Crippen LogP contribution in [0.1, 0.15) is 25.8 Å². The van der Waals surface area contributed by atoms with Gasteiger partial charge in [0.2, 0.25) is 0 Å². The fourth-order valence-corrected chi connectivity index (χ4v) is 0.919. The number of carbonyl (C=O) groups excluding carboxylic acids is 1. The maximum absolute atomic E-state index is 10.9. The molecule has 0 saturated carbocycles. The SMILES string of the molecule is C=CCC.CCOC(=O)/C=C/c1ccccc1. The molecule has 0 aromatic heterocycles. The predicted molar refractivity (Wildman–Crippen MR) is 72.6 cm³/mol. The van der Waals surface area contributed by atoms with E-state index in [0.717, 1.165) is 12.0 Å². The molecule has 2 heteroatoms. The fraction of sp³-hybridized carbons (Fsp3) is 0.267. The molecule has 1 aromatic rings. The van der Waals surface area contributed by atoms with Gasteiger partial charge in [0, 0.05) is 6.08 Å². The molecular weight excluding hydrogens is 212 g/mol. The van der Waals surface area contributed by atoms with Crippen LogP contribution in [-0.4, -0.2) is 12.6 Å². The van der Waals surface area contributed by atoms with Crippen LogP contribution in [0.15, 0.2) is 49.1 Å². The van der Waals surface area contributed by atoms with E-state index in [1.54, 1.807) is 13.0 Å². The van der Waals surface area contributed by atoms with Gasteiger partial charge < -0.3 is 4.74 Å². The molecule has 1 rings (SSSR count). The highest BCUT2D eigenvalue weighted by atomic mass is 16.5. The van der Waals surface area contributed by atoms with E-state index in [4.69, 9.17) is 4.74 Å². The van der Waals surface area contributed by atoms with E-state index in [9.17, 15) is 4.79 Å². The van der Waals surface area contributed by atoms with Crippen molar-refractivity contribution in [2.75, 3.05) is 6.61 Å². The van der Waals surface area contributed by atoms with E-state index in [2.05, 4.69) is 13.5 Å². The minimum Gasteiger partial charge on any atom is -0.463 e. The molecule has 0 N–H and O–H groups in total. The van der Waals surface area contributed by atoms with E-state index in [1.165, 1.54) is 6.08 Å². The summed E-state index contributed by atoms with van der Waals surface area (Å²) in [5.41, 5.74) is 0.996. The Kier molecular flexibility index (Phi) is 9.53. The molecule has 0 heterocycles. The van der Waals surface area contributed by atoms with Gasteiger partial charge in [-0.05, 0) is 25.0 Å². The Balaban J connectivity index is 0.000000557. The minimum atomic E-state index is -0.300. The van der Waals surface area contributed by atoms with Gasteiger partial charge in [-0.2, -0.15) is 0 Å². The van der Waals surface area contributed by atoms with Crippen molar-refractivity contribution in [1.29, 1.82) is 0 Å². The molecule has 0 aliphatic carbocycles. The zero-order valence-electron chi connectivity index (χ0n) is 10.6. The number of rotatable bonds is 4. The molecule has 0 amide bonds. The maximum Gasteiger partial charge on any atom is 0.330 e. The standard InChI is InChI=1S/C11H12O2.C4H8/c1-2-13-11(12)9-8-10-6-4-3-5-7-10;1-3-4-2/h3-9H,2H2,1H3;3H,1,4H2,2H3/b9-8+;. The number of benzene rings is 1. The lowest BCUT2D eigenvalue weighted by Gasteiger charge is -1.94. The Hall–Kier alpha value is -1.83. The van der Waals surface area contributed by atoms with E-state index < -0.39 is 0 Å². The zero-order valence-corrected chi connectivity index (χ0v) is 10.6. The third kappa shape index (κ3) is 9.12. The first-order valence-corrected chi connectivity index (χ1v) is 5.75. The van der Waals surface area contributed by atoms with E-state index >= 15 is 0 Å². The largest absolute Gasteiger partial charge is 0.463 e. The van der Waals surface area contributed by atoms with Crippen molar-refractivity contribution in [3.63, 3.8) is 0 Å². The van der Waals surface area contributed by atoms with Crippen LogP contribution in [0, 0.1) is 0 Å². The summed E-state index contributed by atoms with van der Waals surface area (Å²) in [7, 11) is 0. The summed E-state index contributed by atoms with van der Waals surface area (Å²) in [4.78, 5) is 10.9. The molecule has 0 spiro atoms. The van der Waals surface area contributed by atoms with E-state index in [0.29, 0.717) is 6.61 Å². The van der Waals surface area contributed by atoms with Crippen LogP contribution in [0.4, 0.5) is 0 Å². The van der Waals surface area contributed by atoms with Crippen LogP contribution in [0.2, 0.25) is 0 Å². The van der Waals surface area contributed by atoms with Crippen molar-refractivity contribution in [2.24, 2.45) is 0 Å². The van der Waals surface area contributed by atoms with Gasteiger partial charge >= 0.3 is 5.97 Å². The highest BCUT2D eigenvalue weighted by Crippen LogP contribution is 2.00. The van der Waals surface area contributed by atoms with Crippen molar-refractivity contribution >= 4 is 12.0 Å². The molecule has 0 fully saturated rings. The Bertz CT molecular complexity index is 339. The summed E-state index contributed by atoms with van der Waals surface area (Å²) in [5, 5.41) is 0. The second kappa shape index (κ2) is 10.7. The monoisotopic (exact) mass is 232 g/mol. The van der Waals surface area contributed by atoms with Gasteiger partial charge in [-0.25, -0.2) is 4.79 Å². The average molecular weight is 232 g/mol. The van der Waals surface area contributed by atoms with Gasteiger partial charge in [-0.15, -0.1) is 6.58 Å². The quantitative estimate of drug-likeness (QED) is 0.448. The molecule has 2 nitrogen and oxygen atoms in total. The minimum absolute atomic E-state index is 0.300. The summed E-state index contributed by atoms with van der Waals surface area (Å²) in [6.45, 7) is 7.74. The van der Waals surface area contributed by atoms with Crippen molar-refractivity contribution in [3.8, 4) is 0 Å². The molecule has 0 aliphatic rings. The van der Waals surface area contributed by atoms with Crippen LogP contribution in [0.3, 0.4) is 0 Å². The predicted octanol–water partition coefficient (Wildman–Crippen LogP) is 3.85. The van der Waals surface area contributed by atoms with Crippen LogP contribution in [0.5, 0.6) is 0 Å². The Morgan fingerprint density at radius 3 is 2.35 bits per heavy atom. The Morgan fingerprint density at radius 1 is 1.29 bits per heavy atom. The number of allylic oxidation sites excluding steroid dienone is 1. The van der Waals surface area contributed by atoms with Gasteiger partial charge in [0.25, 0.3) is 0 Å². The Morgan fingerprint density at radius 2 is 1.88 bits per heavy atom. The summed E-state index contributed by atoms with van der Waals surface area (Å²) < 4.78 is 4.74. The van der Waals surface area contributed by atoms with Gasteiger partial charge in [-0.1, -0.05) is 43.3 Å². The summed E-state index contributed by atoms with van der Waals surface area (Å²) in [5.74, 6) is -0.300. The van der Waals surface area contributed by atoms with Crippen molar-refractivity contribution in [1.82, 2.24) is 0 Å². The lowest BCUT2D eigenvalue weighted by atomic mass is 10.2. The van der Waals surface area contributed by atoms with Crippen LogP contribution >= 0.6 is 0 Å². The number of carbonyl (C=O) groups is 1. The molecule has 0 saturated heterocycles. The molecule has 17 heavy (non-hydrogen) atoms. The van der Waals surface area contributed by atoms with Gasteiger partial charge in [0.15, 0.2) is 0 Å². The summed E-state index contributed by atoms with van der Waals surface area (Å²) >= 11 is 0. The zero-order chi connectivity index (χ0) is 12.9. The first-order chi connectivity index (χ1) is 8.24. The molecule has 0 atom stereocenters. The van der Waals surface area contributed by atoms with Gasteiger partial charge in [0.05, 0.1) is 6.61 Å². The first kappa shape index (κ1) is 15.2. The summed E-state index contributed by atoms with van der Waals surface area (Å²) in [6, 6.07) is 9.63. The maximum atomic E-state index is 10.9. The number of hydrogen-bond donors (Lipinski definition) is 0. The molecule has 1 aromatic carbocycles. The molecular formula is C15H20O2. The molecule has 0 unspecified atom stereocenters. The van der Waals surface area contributed by atoms with Crippen LogP contribution < -0.4 is 0 Å². The topological polar surface area (TPSA) is 26.3 Å². The Labute approximate surface area is 104 Å². The van der Waals surface area contributed by atoms with E-state index in [1.807, 2.05) is 36.4 Å². The van der Waals surface area contributed by atoms with E-state index in [-0.39, 0.29) is 5.97 Å². The average Bonchev–Trinajstić information content (AvgIpc) is 2.38. The molecule has 92 valence electrons. The van der Waals surface area contributed by atoms with Gasteiger partial charge in [-0.3, -0.25) is 0 Å². The third-order valence-corrected chi connectivity index (χ3v) is 1.79. The normalized spacial score (nSPS) is 9.29. The molecule has 0 bridgehead atoms. The first-order valence-electron chi connectivity index (χ1n) is 5.75. The molecule has 0 aliphatic heterocycles. The fourth-order valence-electron chi connectivity index (χ4n) is 0.919. The highest BCUT2D eigenvalue weighted by molar-refractivity contribution is 5.86. The summed E-state index contributed by atoms with van der Waals surface area (Å²) in [6.07, 6.45) is 6.12. The number of hydrogen-bond acceptors (Lipinski definition) is 2. The van der Waals surface area contributed by atoms with Crippen molar-refractivity contribution < 1.29 is 9.53 Å². The lowest BCUT2D eigenvalue weighted by molar-refractivity contribution is -0.137.